The van der Waals surface area contributed by atoms with Gasteiger partial charge in [-0.15, -0.1) is 11.3 Å². The number of thiophene rings is 1. The maximum absolute atomic E-state index is 12.4. The first-order valence-corrected chi connectivity index (χ1v) is 10.7. The highest BCUT2D eigenvalue weighted by Crippen LogP contribution is 2.19. The van der Waals surface area contributed by atoms with Gasteiger partial charge in [0.25, 0.3) is 0 Å². The molecule has 0 spiro atoms. The van der Waals surface area contributed by atoms with Crippen LogP contribution in [0.4, 0.5) is 0 Å². The molecular weight excluding hydrogens is 356 g/mol. The van der Waals surface area contributed by atoms with Gasteiger partial charge in [-0.3, -0.25) is 9.69 Å². The fourth-order valence-corrected chi connectivity index (χ4v) is 4.11. The lowest BCUT2D eigenvalue weighted by molar-refractivity contribution is -0.133. The summed E-state index contributed by atoms with van der Waals surface area (Å²) in [5.74, 6) is 1.25. The number of amides is 1. The summed E-state index contributed by atoms with van der Waals surface area (Å²) in [6, 6.07) is 10.6. The predicted molar refractivity (Wildman–Crippen MR) is 111 cm³/mol. The summed E-state index contributed by atoms with van der Waals surface area (Å²) < 4.78 is 5.88. The van der Waals surface area contributed by atoms with Gasteiger partial charge in [0, 0.05) is 44.0 Å². The third kappa shape index (κ3) is 6.08. The summed E-state index contributed by atoms with van der Waals surface area (Å²) in [6.07, 6.45) is 2.43. The molecule has 1 aliphatic rings. The van der Waals surface area contributed by atoms with E-state index in [0.29, 0.717) is 13.0 Å². The van der Waals surface area contributed by atoms with Crippen molar-refractivity contribution in [3.05, 3.63) is 51.7 Å². The Balaban J connectivity index is 1.30. The van der Waals surface area contributed by atoms with Gasteiger partial charge in [0.2, 0.25) is 5.91 Å². The summed E-state index contributed by atoms with van der Waals surface area (Å²) in [5.41, 5.74) is 2.38. The lowest BCUT2D eigenvalue weighted by atomic mass is 10.1. The Labute approximate surface area is 166 Å². The van der Waals surface area contributed by atoms with E-state index in [1.165, 1.54) is 10.4 Å². The van der Waals surface area contributed by atoms with Gasteiger partial charge < -0.3 is 9.64 Å². The van der Waals surface area contributed by atoms with Crippen molar-refractivity contribution in [2.75, 3.05) is 32.8 Å². The second-order valence-corrected chi connectivity index (χ2v) is 8.34. The minimum absolute atomic E-state index is 0.289. The zero-order valence-corrected chi connectivity index (χ0v) is 17.3. The number of benzene rings is 1. The molecule has 2 aromatic rings. The topological polar surface area (TPSA) is 32.8 Å². The SMILES string of the molecule is Cc1ccc(C)c(OCCCCC(=O)N2CCN(Cc3cccs3)CC2)c1. The number of piperazine rings is 1. The van der Waals surface area contributed by atoms with Crippen LogP contribution in [0.1, 0.15) is 35.3 Å². The zero-order chi connectivity index (χ0) is 19.1. The van der Waals surface area contributed by atoms with Crippen molar-refractivity contribution in [1.82, 2.24) is 9.80 Å². The van der Waals surface area contributed by atoms with Gasteiger partial charge in [0.05, 0.1) is 6.61 Å². The Morgan fingerprint density at radius 2 is 1.93 bits per heavy atom. The highest BCUT2D eigenvalue weighted by Gasteiger charge is 2.20. The standard InChI is InChI=1S/C22H30N2O2S/c1-18-8-9-19(2)21(16-18)26-14-4-3-7-22(25)24-12-10-23(11-13-24)17-20-6-5-15-27-20/h5-6,8-9,15-16H,3-4,7,10-14,17H2,1-2H3. The predicted octanol–water partition coefficient (Wildman–Crippen LogP) is 4.26. The van der Waals surface area contributed by atoms with E-state index in [1.807, 2.05) is 4.90 Å². The van der Waals surface area contributed by atoms with Gasteiger partial charge in [0.1, 0.15) is 5.75 Å². The summed E-state index contributed by atoms with van der Waals surface area (Å²) >= 11 is 1.81. The van der Waals surface area contributed by atoms with Gasteiger partial charge in [-0.05, 0) is 55.3 Å². The highest BCUT2D eigenvalue weighted by atomic mass is 32.1. The Hall–Kier alpha value is -1.85. The molecule has 0 radical (unpaired) electrons. The number of aryl methyl sites for hydroxylation is 2. The number of hydrogen-bond donors (Lipinski definition) is 0. The quantitative estimate of drug-likeness (QED) is 0.636. The van der Waals surface area contributed by atoms with E-state index in [2.05, 4.69) is 54.5 Å². The second kappa shape index (κ2) is 9.90. The first-order valence-electron chi connectivity index (χ1n) is 9.84. The second-order valence-electron chi connectivity index (χ2n) is 7.31. The average molecular weight is 387 g/mol. The van der Waals surface area contributed by atoms with Crippen molar-refractivity contribution >= 4 is 17.2 Å². The number of rotatable bonds is 8. The zero-order valence-electron chi connectivity index (χ0n) is 16.4. The molecule has 0 aliphatic carbocycles. The van der Waals surface area contributed by atoms with Crippen LogP contribution in [0.3, 0.4) is 0 Å². The van der Waals surface area contributed by atoms with Crippen molar-refractivity contribution < 1.29 is 9.53 Å². The van der Waals surface area contributed by atoms with E-state index >= 15 is 0 Å². The van der Waals surface area contributed by atoms with Crippen LogP contribution >= 0.6 is 11.3 Å². The fourth-order valence-electron chi connectivity index (χ4n) is 3.36. The van der Waals surface area contributed by atoms with Crippen molar-refractivity contribution in [3.8, 4) is 5.75 Å². The summed E-state index contributed by atoms with van der Waals surface area (Å²) in [6.45, 7) is 9.47. The van der Waals surface area contributed by atoms with Crippen molar-refractivity contribution in [1.29, 1.82) is 0 Å². The van der Waals surface area contributed by atoms with Crippen LogP contribution in [-0.4, -0.2) is 48.5 Å². The molecule has 5 heteroatoms. The van der Waals surface area contributed by atoms with Crippen LogP contribution in [-0.2, 0) is 11.3 Å². The molecule has 27 heavy (non-hydrogen) atoms. The molecule has 0 saturated carbocycles. The lowest BCUT2D eigenvalue weighted by Gasteiger charge is -2.34. The Bertz CT molecular complexity index is 722. The summed E-state index contributed by atoms with van der Waals surface area (Å²) in [7, 11) is 0. The van der Waals surface area contributed by atoms with Crippen LogP contribution in [0.25, 0.3) is 0 Å². The molecule has 0 atom stereocenters. The third-order valence-electron chi connectivity index (χ3n) is 5.07. The summed E-state index contributed by atoms with van der Waals surface area (Å²) in [4.78, 5) is 18.3. The molecular formula is C22H30N2O2S. The number of hydrogen-bond acceptors (Lipinski definition) is 4. The Kier molecular flexibility index (Phi) is 7.30. The molecule has 2 heterocycles. The van der Waals surface area contributed by atoms with E-state index < -0.39 is 0 Å². The summed E-state index contributed by atoms with van der Waals surface area (Å²) in [5, 5.41) is 2.12. The van der Waals surface area contributed by atoms with Crippen molar-refractivity contribution in [2.24, 2.45) is 0 Å². The molecule has 0 N–H and O–H groups in total. The van der Waals surface area contributed by atoms with E-state index in [9.17, 15) is 4.79 Å². The first kappa shape index (κ1) is 19.9. The number of unbranched alkanes of at least 4 members (excludes halogenated alkanes) is 1. The molecule has 1 aliphatic heterocycles. The van der Waals surface area contributed by atoms with Crippen molar-refractivity contribution in [2.45, 2.75) is 39.7 Å². The number of ether oxygens (including phenoxy) is 1. The van der Waals surface area contributed by atoms with Gasteiger partial charge in [-0.2, -0.15) is 0 Å². The van der Waals surface area contributed by atoms with Gasteiger partial charge >= 0.3 is 0 Å². The van der Waals surface area contributed by atoms with Gasteiger partial charge in [0.15, 0.2) is 0 Å². The fraction of sp³-hybridized carbons (Fsp3) is 0.500. The average Bonchev–Trinajstić information content (AvgIpc) is 3.17. The largest absolute Gasteiger partial charge is 0.493 e. The molecule has 1 saturated heterocycles. The third-order valence-corrected chi connectivity index (χ3v) is 5.93. The van der Waals surface area contributed by atoms with Crippen LogP contribution in [0.2, 0.25) is 0 Å². The molecule has 1 amide bonds. The van der Waals surface area contributed by atoms with Crippen LogP contribution in [0, 0.1) is 13.8 Å². The molecule has 0 unspecified atom stereocenters. The normalized spacial score (nSPS) is 15.1. The van der Waals surface area contributed by atoms with E-state index in [-0.39, 0.29) is 5.91 Å². The number of nitrogens with zero attached hydrogens (tertiary/aromatic N) is 2. The molecule has 146 valence electrons. The van der Waals surface area contributed by atoms with Gasteiger partial charge in [-0.1, -0.05) is 18.2 Å². The first-order chi connectivity index (χ1) is 13.1. The minimum Gasteiger partial charge on any atom is -0.493 e. The molecule has 1 aromatic heterocycles. The number of carbonyl (C=O) groups excluding carboxylic acids is 1. The van der Waals surface area contributed by atoms with E-state index in [1.54, 1.807) is 11.3 Å². The van der Waals surface area contributed by atoms with Crippen molar-refractivity contribution in [3.63, 3.8) is 0 Å². The highest BCUT2D eigenvalue weighted by molar-refractivity contribution is 7.09. The minimum atomic E-state index is 0.289. The maximum atomic E-state index is 12.4. The van der Waals surface area contributed by atoms with Gasteiger partial charge in [-0.25, -0.2) is 0 Å². The smallest absolute Gasteiger partial charge is 0.222 e. The van der Waals surface area contributed by atoms with Crippen LogP contribution < -0.4 is 4.74 Å². The Morgan fingerprint density at radius 3 is 2.67 bits per heavy atom. The van der Waals surface area contributed by atoms with E-state index in [0.717, 1.165) is 56.9 Å². The molecule has 4 nitrogen and oxygen atoms in total. The van der Waals surface area contributed by atoms with Crippen LogP contribution in [0.15, 0.2) is 35.7 Å². The molecule has 1 aromatic carbocycles. The maximum Gasteiger partial charge on any atom is 0.222 e. The monoisotopic (exact) mass is 386 g/mol. The van der Waals surface area contributed by atoms with E-state index in [4.69, 9.17) is 4.74 Å². The molecule has 1 fully saturated rings. The lowest BCUT2D eigenvalue weighted by Crippen LogP contribution is -2.48. The Morgan fingerprint density at radius 1 is 1.11 bits per heavy atom. The molecule has 3 rings (SSSR count). The number of carbonyl (C=O) groups is 1. The molecule has 0 bridgehead atoms. The van der Waals surface area contributed by atoms with Crippen LogP contribution in [0.5, 0.6) is 5.75 Å².